The SMILES string of the molecule is OC[C@@H]1CN(c2nc3ccccc3s2)C[C@@H]1CN1CCCCCC1. The summed E-state index contributed by atoms with van der Waals surface area (Å²) in [4.78, 5) is 9.83. The van der Waals surface area contributed by atoms with Gasteiger partial charge in [0.05, 0.1) is 10.2 Å². The molecule has 2 saturated heterocycles. The molecule has 0 aliphatic carbocycles. The van der Waals surface area contributed by atoms with E-state index in [1.165, 1.54) is 43.5 Å². The highest BCUT2D eigenvalue weighted by atomic mass is 32.1. The normalized spacial score (nSPS) is 26.1. The standard InChI is InChI=1S/C19H27N3OS/c23-14-16-13-22(19-20-17-7-3-4-8-18(17)24-19)12-15(16)11-21-9-5-1-2-6-10-21/h3-4,7-8,15-16,23H,1-2,5-6,9-14H2/t15-,16-/m0/s1. The van der Waals surface area contributed by atoms with E-state index >= 15 is 0 Å². The Kier molecular flexibility index (Phi) is 5.01. The second kappa shape index (κ2) is 7.38. The Hall–Kier alpha value is -1.17. The lowest BCUT2D eigenvalue weighted by Gasteiger charge is -2.26. The Morgan fingerprint density at radius 3 is 2.54 bits per heavy atom. The third-order valence-electron chi connectivity index (χ3n) is 5.56. The van der Waals surface area contributed by atoms with E-state index in [4.69, 9.17) is 4.98 Å². The molecule has 130 valence electrons. The molecule has 24 heavy (non-hydrogen) atoms. The molecule has 1 N–H and O–H groups in total. The van der Waals surface area contributed by atoms with Gasteiger partial charge in [0.2, 0.25) is 0 Å². The van der Waals surface area contributed by atoms with Crippen LogP contribution >= 0.6 is 11.3 Å². The number of hydrogen-bond donors (Lipinski definition) is 1. The molecular weight excluding hydrogens is 318 g/mol. The minimum atomic E-state index is 0.292. The first-order chi connectivity index (χ1) is 11.8. The predicted molar refractivity (Wildman–Crippen MR) is 101 cm³/mol. The fraction of sp³-hybridized carbons (Fsp3) is 0.632. The average Bonchev–Trinajstić information content (AvgIpc) is 3.12. The van der Waals surface area contributed by atoms with Gasteiger partial charge in [-0.2, -0.15) is 0 Å². The van der Waals surface area contributed by atoms with Crippen molar-refractivity contribution in [1.82, 2.24) is 9.88 Å². The third kappa shape index (κ3) is 3.44. The van der Waals surface area contributed by atoms with Crippen LogP contribution in [-0.2, 0) is 0 Å². The van der Waals surface area contributed by atoms with Crippen molar-refractivity contribution in [1.29, 1.82) is 0 Å². The zero-order chi connectivity index (χ0) is 16.4. The summed E-state index contributed by atoms with van der Waals surface area (Å²) in [7, 11) is 0. The summed E-state index contributed by atoms with van der Waals surface area (Å²) >= 11 is 1.78. The topological polar surface area (TPSA) is 39.6 Å². The summed E-state index contributed by atoms with van der Waals surface area (Å²) < 4.78 is 1.25. The lowest BCUT2D eigenvalue weighted by atomic mass is 9.96. The lowest BCUT2D eigenvalue weighted by Crippen LogP contribution is -2.34. The largest absolute Gasteiger partial charge is 0.396 e. The van der Waals surface area contributed by atoms with E-state index in [-0.39, 0.29) is 0 Å². The van der Waals surface area contributed by atoms with Crippen molar-refractivity contribution in [2.75, 3.05) is 44.2 Å². The zero-order valence-corrected chi connectivity index (χ0v) is 15.0. The minimum absolute atomic E-state index is 0.292. The van der Waals surface area contributed by atoms with Crippen LogP contribution in [0.3, 0.4) is 0 Å². The number of rotatable bonds is 4. The summed E-state index contributed by atoms with van der Waals surface area (Å²) in [5.74, 6) is 0.931. The lowest BCUT2D eigenvalue weighted by molar-refractivity contribution is 0.165. The van der Waals surface area contributed by atoms with E-state index in [1.54, 1.807) is 11.3 Å². The Balaban J connectivity index is 1.46. The predicted octanol–water partition coefficient (Wildman–Crippen LogP) is 3.22. The number of benzene rings is 1. The monoisotopic (exact) mass is 345 g/mol. The van der Waals surface area contributed by atoms with E-state index in [0.29, 0.717) is 18.4 Å². The summed E-state index contributed by atoms with van der Waals surface area (Å²) in [6.45, 7) is 5.86. The van der Waals surface area contributed by atoms with Crippen LogP contribution in [0.15, 0.2) is 24.3 Å². The number of aromatic nitrogens is 1. The second-order valence-electron chi connectivity index (χ2n) is 7.29. The molecule has 0 amide bonds. The van der Waals surface area contributed by atoms with Crippen molar-refractivity contribution in [2.45, 2.75) is 25.7 Å². The van der Waals surface area contributed by atoms with Crippen molar-refractivity contribution in [2.24, 2.45) is 11.8 Å². The van der Waals surface area contributed by atoms with E-state index in [2.05, 4.69) is 34.1 Å². The van der Waals surface area contributed by atoms with Gasteiger partial charge in [0.15, 0.2) is 5.13 Å². The van der Waals surface area contributed by atoms with Gasteiger partial charge in [-0.3, -0.25) is 0 Å². The molecule has 0 saturated carbocycles. The molecule has 3 heterocycles. The molecule has 2 aliphatic heterocycles. The maximum atomic E-state index is 9.86. The van der Waals surface area contributed by atoms with Gasteiger partial charge in [0.1, 0.15) is 0 Å². The number of anilines is 1. The van der Waals surface area contributed by atoms with E-state index in [9.17, 15) is 5.11 Å². The highest BCUT2D eigenvalue weighted by molar-refractivity contribution is 7.22. The molecule has 0 spiro atoms. The van der Waals surface area contributed by atoms with Crippen LogP contribution < -0.4 is 4.90 Å². The van der Waals surface area contributed by atoms with Gasteiger partial charge in [0.25, 0.3) is 0 Å². The summed E-state index contributed by atoms with van der Waals surface area (Å²) in [6, 6.07) is 8.36. The maximum absolute atomic E-state index is 9.86. The molecule has 0 radical (unpaired) electrons. The van der Waals surface area contributed by atoms with Crippen LogP contribution in [0.1, 0.15) is 25.7 Å². The molecule has 1 aromatic carbocycles. The summed E-state index contributed by atoms with van der Waals surface area (Å²) in [5, 5.41) is 11.0. The molecule has 5 heteroatoms. The fourth-order valence-corrected chi connectivity index (χ4v) is 5.14. The number of thiazole rings is 1. The molecule has 1 aromatic heterocycles. The van der Waals surface area contributed by atoms with E-state index < -0.39 is 0 Å². The smallest absolute Gasteiger partial charge is 0.186 e. The third-order valence-corrected chi connectivity index (χ3v) is 6.65. The summed E-state index contributed by atoms with van der Waals surface area (Å²) in [6.07, 6.45) is 5.42. The van der Waals surface area contributed by atoms with E-state index in [0.717, 1.165) is 30.3 Å². The van der Waals surface area contributed by atoms with Gasteiger partial charge in [-0.1, -0.05) is 36.3 Å². The number of hydrogen-bond acceptors (Lipinski definition) is 5. The average molecular weight is 346 g/mol. The number of nitrogens with zero attached hydrogens (tertiary/aromatic N) is 3. The minimum Gasteiger partial charge on any atom is -0.396 e. The Labute approximate surface area is 148 Å². The van der Waals surface area contributed by atoms with Gasteiger partial charge in [-0.05, 0) is 44.0 Å². The Morgan fingerprint density at radius 2 is 1.79 bits per heavy atom. The molecule has 2 aromatic rings. The highest BCUT2D eigenvalue weighted by Crippen LogP contribution is 2.34. The van der Waals surface area contributed by atoms with Crippen molar-refractivity contribution in [3.05, 3.63) is 24.3 Å². The maximum Gasteiger partial charge on any atom is 0.186 e. The van der Waals surface area contributed by atoms with Crippen LogP contribution in [0.25, 0.3) is 10.2 Å². The molecule has 4 rings (SSSR count). The number of fused-ring (bicyclic) bond motifs is 1. The van der Waals surface area contributed by atoms with Crippen molar-refractivity contribution < 1.29 is 5.11 Å². The van der Waals surface area contributed by atoms with Crippen LogP contribution in [0.2, 0.25) is 0 Å². The van der Waals surface area contributed by atoms with Gasteiger partial charge in [0, 0.05) is 32.2 Å². The van der Waals surface area contributed by atoms with E-state index in [1.807, 2.05) is 0 Å². The first kappa shape index (κ1) is 16.3. The van der Waals surface area contributed by atoms with Gasteiger partial charge in [-0.15, -0.1) is 0 Å². The molecular formula is C19H27N3OS. The number of aliphatic hydroxyl groups excluding tert-OH is 1. The zero-order valence-electron chi connectivity index (χ0n) is 14.2. The summed E-state index contributed by atoms with van der Waals surface area (Å²) in [5.41, 5.74) is 1.09. The van der Waals surface area contributed by atoms with Crippen LogP contribution in [0.4, 0.5) is 5.13 Å². The second-order valence-corrected chi connectivity index (χ2v) is 8.30. The van der Waals surface area contributed by atoms with Crippen molar-refractivity contribution in [3.8, 4) is 0 Å². The quantitative estimate of drug-likeness (QED) is 0.924. The number of likely N-dealkylation sites (tertiary alicyclic amines) is 1. The molecule has 0 unspecified atom stereocenters. The molecule has 4 nitrogen and oxygen atoms in total. The van der Waals surface area contributed by atoms with Gasteiger partial charge >= 0.3 is 0 Å². The fourth-order valence-electron chi connectivity index (χ4n) is 4.15. The number of para-hydroxylation sites is 1. The highest BCUT2D eigenvalue weighted by Gasteiger charge is 2.34. The van der Waals surface area contributed by atoms with Crippen molar-refractivity contribution >= 4 is 26.7 Å². The number of aliphatic hydroxyl groups is 1. The Morgan fingerprint density at radius 1 is 1.04 bits per heavy atom. The van der Waals surface area contributed by atoms with Crippen LogP contribution in [-0.4, -0.2) is 54.3 Å². The van der Waals surface area contributed by atoms with Crippen LogP contribution in [0.5, 0.6) is 0 Å². The molecule has 2 atom stereocenters. The molecule has 2 aliphatic rings. The van der Waals surface area contributed by atoms with Crippen molar-refractivity contribution in [3.63, 3.8) is 0 Å². The van der Waals surface area contributed by atoms with Gasteiger partial charge in [-0.25, -0.2) is 4.98 Å². The Bertz CT molecular complexity index is 632. The molecule has 2 fully saturated rings. The molecule has 0 bridgehead atoms. The van der Waals surface area contributed by atoms with Gasteiger partial charge < -0.3 is 14.9 Å². The first-order valence-electron chi connectivity index (χ1n) is 9.27. The van der Waals surface area contributed by atoms with Crippen LogP contribution in [0, 0.1) is 11.8 Å². The first-order valence-corrected chi connectivity index (χ1v) is 10.1.